The number of rotatable bonds is 4. The predicted molar refractivity (Wildman–Crippen MR) is 100 cm³/mol. The summed E-state index contributed by atoms with van der Waals surface area (Å²) in [6.45, 7) is -0.154. The maximum Gasteiger partial charge on any atom is 0.534 e. The molecule has 1 heterocycles. The second kappa shape index (κ2) is 7.40. The Morgan fingerprint density at radius 1 is 1.14 bits per heavy atom. The summed E-state index contributed by atoms with van der Waals surface area (Å²) in [6, 6.07) is 6.08. The molecule has 3 unspecified atom stereocenters. The third kappa shape index (κ3) is 3.31. The highest BCUT2D eigenvalue weighted by Crippen LogP contribution is 2.45. The van der Waals surface area contributed by atoms with Gasteiger partial charge in [0.2, 0.25) is 0 Å². The van der Waals surface area contributed by atoms with Crippen molar-refractivity contribution in [2.75, 3.05) is 0 Å². The van der Waals surface area contributed by atoms with Gasteiger partial charge in [-0.05, 0) is 54.5 Å². The number of hydrogen-bond acceptors (Lipinski definition) is 8. The highest BCUT2D eigenvalue weighted by Gasteiger charge is 2.62. The van der Waals surface area contributed by atoms with E-state index >= 15 is 0 Å². The summed E-state index contributed by atoms with van der Waals surface area (Å²) in [7, 11) is 0. The van der Waals surface area contributed by atoms with Gasteiger partial charge in [0.05, 0.1) is 5.92 Å². The third-order valence-corrected chi connectivity index (χ3v) is 6.10. The third-order valence-electron chi connectivity index (χ3n) is 6.10. The van der Waals surface area contributed by atoms with Gasteiger partial charge in [0, 0.05) is 5.92 Å². The highest BCUT2D eigenvalue weighted by atomic mass is 16.8. The molecular formula is C20H21N3O6. The lowest BCUT2D eigenvalue weighted by Crippen LogP contribution is -2.58. The van der Waals surface area contributed by atoms with Crippen LogP contribution in [0.2, 0.25) is 0 Å². The lowest BCUT2D eigenvalue weighted by molar-refractivity contribution is -0.179. The second-order valence-electron chi connectivity index (χ2n) is 7.72. The van der Waals surface area contributed by atoms with Gasteiger partial charge in [0.25, 0.3) is 11.8 Å². The van der Waals surface area contributed by atoms with E-state index in [0.717, 1.165) is 19.3 Å². The zero-order valence-electron chi connectivity index (χ0n) is 15.7. The molecular weight excluding hydrogens is 378 g/mol. The van der Waals surface area contributed by atoms with Gasteiger partial charge in [0.15, 0.2) is 0 Å². The van der Waals surface area contributed by atoms with Crippen LogP contribution >= 0.6 is 0 Å². The fourth-order valence-corrected chi connectivity index (χ4v) is 4.43. The van der Waals surface area contributed by atoms with Crippen molar-refractivity contribution < 1.29 is 24.0 Å². The molecule has 1 aromatic carbocycles. The molecule has 2 fully saturated rings. The second-order valence-corrected chi connectivity index (χ2v) is 7.72. The first-order valence-corrected chi connectivity index (χ1v) is 9.56. The van der Waals surface area contributed by atoms with E-state index in [1.54, 1.807) is 12.1 Å². The monoisotopic (exact) mass is 399 g/mol. The first-order valence-electron chi connectivity index (χ1n) is 9.56. The molecule has 2 amide bonds. The molecule has 2 bridgehead atoms. The summed E-state index contributed by atoms with van der Waals surface area (Å²) in [6.07, 6.45) is 5.69. The summed E-state index contributed by atoms with van der Waals surface area (Å²) in [4.78, 5) is 53.2. The Kier molecular flexibility index (Phi) is 4.91. The topological polar surface area (TPSA) is 128 Å². The van der Waals surface area contributed by atoms with Crippen LogP contribution in [0.5, 0.6) is 0 Å². The fourth-order valence-electron chi connectivity index (χ4n) is 4.43. The largest absolute Gasteiger partial charge is 0.534 e. The number of benzene rings is 1. The Morgan fingerprint density at radius 3 is 2.52 bits per heavy atom. The lowest BCUT2D eigenvalue weighted by Gasteiger charge is -2.39. The predicted octanol–water partition coefficient (Wildman–Crippen LogP) is 2.71. The van der Waals surface area contributed by atoms with Crippen LogP contribution in [0.1, 0.15) is 31.2 Å². The van der Waals surface area contributed by atoms with Crippen LogP contribution in [0.4, 0.5) is 10.5 Å². The zero-order chi connectivity index (χ0) is 20.6. The van der Waals surface area contributed by atoms with E-state index in [1.807, 2.05) is 6.08 Å². The summed E-state index contributed by atoms with van der Waals surface area (Å²) in [5.74, 6) is -1.91. The Bertz CT molecular complexity index is 883. The van der Waals surface area contributed by atoms with Crippen LogP contribution in [-0.4, -0.2) is 28.6 Å². The highest BCUT2D eigenvalue weighted by molar-refractivity contribution is 6.09. The first kappa shape index (κ1) is 19.3. The smallest absolute Gasteiger partial charge is 0.428 e. The molecule has 0 spiro atoms. The van der Waals surface area contributed by atoms with Gasteiger partial charge in [-0.15, -0.1) is 4.91 Å². The van der Waals surface area contributed by atoms with E-state index in [1.165, 1.54) is 12.1 Å². The van der Waals surface area contributed by atoms with E-state index in [4.69, 9.17) is 15.3 Å². The lowest BCUT2D eigenvalue weighted by atomic mass is 9.66. The molecule has 3 aliphatic carbocycles. The Hall–Kier alpha value is -3.07. The van der Waals surface area contributed by atoms with Crippen LogP contribution in [0.15, 0.2) is 41.6 Å². The molecule has 1 saturated heterocycles. The normalized spacial score (nSPS) is 30.5. The molecule has 4 aliphatic rings. The molecule has 5 rings (SSSR count). The first-order chi connectivity index (χ1) is 13.9. The van der Waals surface area contributed by atoms with E-state index in [2.05, 4.69) is 11.3 Å². The van der Waals surface area contributed by atoms with Crippen LogP contribution in [0, 0.1) is 22.7 Å². The molecule has 4 atom stereocenters. The van der Waals surface area contributed by atoms with Gasteiger partial charge < -0.3 is 10.5 Å². The minimum Gasteiger partial charge on any atom is -0.428 e. The van der Waals surface area contributed by atoms with Gasteiger partial charge in [-0.25, -0.2) is 4.79 Å². The number of amides is 2. The van der Waals surface area contributed by atoms with Crippen molar-refractivity contribution in [2.45, 2.75) is 37.8 Å². The van der Waals surface area contributed by atoms with Crippen molar-refractivity contribution in [1.82, 2.24) is 5.06 Å². The molecule has 1 aliphatic heterocycles. The zero-order valence-corrected chi connectivity index (χ0v) is 15.7. The number of hydrogen-bond donors (Lipinski definition) is 1. The average Bonchev–Trinajstić information content (AvgIpc) is 2.90. The van der Waals surface area contributed by atoms with E-state index in [0.29, 0.717) is 23.0 Å². The number of imide groups is 1. The quantitative estimate of drug-likeness (QED) is 0.357. The number of carbonyl (C=O) groups is 3. The maximum atomic E-state index is 13.0. The Labute approximate surface area is 166 Å². The van der Waals surface area contributed by atoms with Gasteiger partial charge in [-0.2, -0.15) is 0 Å². The van der Waals surface area contributed by atoms with Crippen LogP contribution in [0.25, 0.3) is 0 Å². The molecule has 9 nitrogen and oxygen atoms in total. The standard InChI is InChI=1S/C20H21N3O6/c21-20-14-6-1-12(2-7-14)5-10-16(20)17(24)23(18(20)25)29-19(26)28-11-13-3-8-15(22-27)9-4-13/h1,3-4,6,8-9,12,14,16H,2,5,7,10-11,21H2/t12?,14?,16?,20-/m1/s1. The Morgan fingerprint density at radius 2 is 1.86 bits per heavy atom. The number of allylic oxidation sites excluding steroid dienone is 1. The van der Waals surface area contributed by atoms with Gasteiger partial charge in [-0.1, -0.05) is 29.3 Å². The number of carbonyl (C=O) groups excluding carboxylic acids is 3. The molecule has 0 radical (unpaired) electrons. The summed E-state index contributed by atoms with van der Waals surface area (Å²) in [5, 5.41) is 3.25. The molecule has 1 aromatic rings. The minimum absolute atomic E-state index is 0.154. The molecule has 9 heteroatoms. The van der Waals surface area contributed by atoms with Crippen molar-refractivity contribution in [1.29, 1.82) is 0 Å². The fraction of sp³-hybridized carbons (Fsp3) is 0.450. The van der Waals surface area contributed by atoms with Crippen molar-refractivity contribution in [2.24, 2.45) is 28.7 Å². The van der Waals surface area contributed by atoms with Crippen LogP contribution in [0.3, 0.4) is 0 Å². The average molecular weight is 399 g/mol. The SMILES string of the molecule is N[C@@]12C(=O)N(OC(=O)OCc3ccc(N=O)cc3)C(=O)C1CCC1C=CC2CC1. The van der Waals surface area contributed by atoms with Crippen molar-refractivity contribution in [3.05, 3.63) is 46.9 Å². The number of ether oxygens (including phenoxy) is 1. The van der Waals surface area contributed by atoms with Crippen molar-refractivity contribution >= 4 is 23.7 Å². The molecule has 152 valence electrons. The number of nitroso groups, excluding NO2 is 1. The van der Waals surface area contributed by atoms with Gasteiger partial charge >= 0.3 is 6.16 Å². The summed E-state index contributed by atoms with van der Waals surface area (Å²) in [5.41, 5.74) is 5.91. The van der Waals surface area contributed by atoms with Crippen molar-refractivity contribution in [3.8, 4) is 0 Å². The number of nitrogens with zero attached hydrogens (tertiary/aromatic N) is 2. The van der Waals surface area contributed by atoms with E-state index in [-0.39, 0.29) is 18.2 Å². The number of nitrogens with two attached hydrogens (primary N) is 1. The summed E-state index contributed by atoms with van der Waals surface area (Å²) >= 11 is 0. The van der Waals surface area contributed by atoms with E-state index in [9.17, 15) is 19.3 Å². The van der Waals surface area contributed by atoms with E-state index < -0.39 is 29.4 Å². The minimum atomic E-state index is -1.41. The number of hydroxylamine groups is 2. The van der Waals surface area contributed by atoms with Crippen LogP contribution in [-0.2, 0) is 25.8 Å². The molecule has 2 N–H and O–H groups in total. The van der Waals surface area contributed by atoms with Gasteiger partial charge in [0.1, 0.15) is 17.8 Å². The number of fused-ring (bicyclic) bond motifs is 2. The Balaban J connectivity index is 1.44. The van der Waals surface area contributed by atoms with Gasteiger partial charge in [-0.3, -0.25) is 14.4 Å². The molecule has 0 aromatic heterocycles. The molecule has 1 saturated carbocycles. The molecule has 29 heavy (non-hydrogen) atoms. The maximum absolute atomic E-state index is 13.0. The summed E-state index contributed by atoms with van der Waals surface area (Å²) < 4.78 is 4.99. The van der Waals surface area contributed by atoms with Crippen molar-refractivity contribution in [3.63, 3.8) is 0 Å². The van der Waals surface area contributed by atoms with Crippen LogP contribution < -0.4 is 5.73 Å².